The van der Waals surface area contributed by atoms with Crippen molar-refractivity contribution in [3.05, 3.63) is 30.1 Å². The fraction of sp³-hybridized carbons (Fsp3) is 0.385. The molecule has 0 spiro atoms. The summed E-state index contributed by atoms with van der Waals surface area (Å²) in [5.74, 6) is 0.989. The minimum atomic E-state index is -1.63. The van der Waals surface area contributed by atoms with Crippen molar-refractivity contribution >= 4 is 51.5 Å². The van der Waals surface area contributed by atoms with Crippen LogP contribution in [-0.2, 0) is 8.53 Å². The second kappa shape index (κ2) is 5.53. The fourth-order valence-corrected chi connectivity index (χ4v) is 2.46. The van der Waals surface area contributed by atoms with E-state index in [0.29, 0.717) is 13.2 Å². The number of rotatable bonds is 1. The molecule has 0 radical (unpaired) electrons. The number of benzene rings is 1. The molecule has 1 aliphatic heterocycles. The van der Waals surface area contributed by atoms with E-state index in [1.54, 1.807) is 0 Å². The molecule has 20 heavy (non-hydrogen) atoms. The highest BCUT2D eigenvalue weighted by Gasteiger charge is 2.29. The van der Waals surface area contributed by atoms with Crippen LogP contribution in [-0.4, -0.2) is 36.3 Å². The molecular formula is C13H12Cl3N3O. The number of ether oxygens (including phenoxy) is 1. The number of fused-ring (bicyclic) bond motifs is 1. The molecule has 1 saturated heterocycles. The summed E-state index contributed by atoms with van der Waals surface area (Å²) in [7, 11) is 0. The molecule has 7 heteroatoms. The van der Waals surface area contributed by atoms with Crippen molar-refractivity contribution in [3.8, 4) is 0 Å². The van der Waals surface area contributed by atoms with Crippen LogP contribution in [0, 0.1) is 0 Å². The summed E-state index contributed by atoms with van der Waals surface area (Å²) in [4.78, 5) is 10.9. The summed E-state index contributed by atoms with van der Waals surface area (Å²) >= 11 is 17.8. The topological polar surface area (TPSA) is 38.2 Å². The van der Waals surface area contributed by atoms with Crippen LogP contribution in [0.2, 0.25) is 0 Å². The molecule has 0 N–H and O–H groups in total. The zero-order valence-electron chi connectivity index (χ0n) is 10.5. The summed E-state index contributed by atoms with van der Waals surface area (Å²) < 4.78 is 3.73. The van der Waals surface area contributed by atoms with Gasteiger partial charge in [0.15, 0.2) is 5.82 Å². The van der Waals surface area contributed by atoms with Gasteiger partial charge in [0.2, 0.25) is 3.79 Å². The molecule has 2 aromatic rings. The maximum absolute atomic E-state index is 5.93. The lowest BCUT2D eigenvalue weighted by Crippen LogP contribution is -2.37. The molecule has 0 amide bonds. The number of hydrogen-bond acceptors (Lipinski definition) is 4. The number of alkyl halides is 3. The van der Waals surface area contributed by atoms with E-state index in [9.17, 15) is 0 Å². The van der Waals surface area contributed by atoms with Crippen LogP contribution < -0.4 is 4.90 Å². The number of aromatic nitrogens is 2. The van der Waals surface area contributed by atoms with Gasteiger partial charge in [0.1, 0.15) is 5.82 Å². The highest BCUT2D eigenvalue weighted by molar-refractivity contribution is 6.66. The summed E-state index contributed by atoms with van der Waals surface area (Å²) in [6.45, 7) is 2.86. The Morgan fingerprint density at radius 1 is 1.05 bits per heavy atom. The first-order valence-electron chi connectivity index (χ1n) is 6.22. The third kappa shape index (κ3) is 2.79. The Morgan fingerprint density at radius 3 is 2.45 bits per heavy atom. The first-order valence-corrected chi connectivity index (χ1v) is 7.36. The second-order valence-corrected chi connectivity index (χ2v) is 6.77. The molecule has 2 heterocycles. The Hall–Kier alpha value is -0.810. The van der Waals surface area contributed by atoms with E-state index in [1.165, 1.54) is 0 Å². The Morgan fingerprint density at radius 2 is 1.75 bits per heavy atom. The molecule has 1 aromatic carbocycles. The fourth-order valence-electron chi connectivity index (χ4n) is 2.20. The molecule has 0 aliphatic carbocycles. The molecular weight excluding hydrogens is 321 g/mol. The van der Waals surface area contributed by atoms with Crippen LogP contribution in [0.4, 0.5) is 5.82 Å². The standard InChI is InChI=1S/C13H12Cl3N3O/c14-13(15,16)12-17-10-4-2-1-3-9(10)11(18-12)19-5-7-20-8-6-19/h1-4H,5-8H2. The molecule has 0 unspecified atom stereocenters. The molecule has 4 nitrogen and oxygen atoms in total. The minimum Gasteiger partial charge on any atom is -0.378 e. The van der Waals surface area contributed by atoms with Gasteiger partial charge in [-0.25, -0.2) is 9.97 Å². The zero-order valence-corrected chi connectivity index (χ0v) is 12.8. The number of hydrogen-bond donors (Lipinski definition) is 0. The van der Waals surface area contributed by atoms with Gasteiger partial charge in [-0.15, -0.1) is 0 Å². The second-order valence-electron chi connectivity index (χ2n) is 4.49. The molecule has 1 fully saturated rings. The summed E-state index contributed by atoms with van der Waals surface area (Å²) in [5, 5.41) is 0.951. The van der Waals surface area contributed by atoms with Crippen LogP contribution in [0.25, 0.3) is 10.9 Å². The van der Waals surface area contributed by atoms with Gasteiger partial charge in [-0.2, -0.15) is 0 Å². The van der Waals surface area contributed by atoms with Gasteiger partial charge in [0, 0.05) is 18.5 Å². The van der Waals surface area contributed by atoms with Gasteiger partial charge in [0.25, 0.3) is 0 Å². The Bertz CT molecular complexity index is 624. The average Bonchev–Trinajstić information content (AvgIpc) is 2.46. The van der Waals surface area contributed by atoms with E-state index in [2.05, 4.69) is 14.9 Å². The smallest absolute Gasteiger partial charge is 0.250 e. The van der Waals surface area contributed by atoms with Gasteiger partial charge in [-0.3, -0.25) is 0 Å². The summed E-state index contributed by atoms with van der Waals surface area (Å²) in [6.07, 6.45) is 0. The van der Waals surface area contributed by atoms with Crippen LogP contribution in [0.5, 0.6) is 0 Å². The number of para-hydroxylation sites is 1. The van der Waals surface area contributed by atoms with Crippen molar-refractivity contribution < 1.29 is 4.74 Å². The normalized spacial score (nSPS) is 16.6. The van der Waals surface area contributed by atoms with Crippen LogP contribution in [0.1, 0.15) is 5.82 Å². The third-order valence-electron chi connectivity index (χ3n) is 3.15. The highest BCUT2D eigenvalue weighted by Crippen LogP contribution is 2.38. The molecule has 0 bridgehead atoms. The summed E-state index contributed by atoms with van der Waals surface area (Å²) in [6, 6.07) is 7.72. The number of halogens is 3. The van der Waals surface area contributed by atoms with Crippen LogP contribution in [0.3, 0.4) is 0 Å². The lowest BCUT2D eigenvalue weighted by Gasteiger charge is -2.29. The van der Waals surface area contributed by atoms with Crippen LogP contribution >= 0.6 is 34.8 Å². The Labute approximate surface area is 131 Å². The van der Waals surface area contributed by atoms with E-state index in [1.807, 2.05) is 24.3 Å². The largest absolute Gasteiger partial charge is 0.378 e. The van der Waals surface area contributed by atoms with E-state index in [4.69, 9.17) is 39.5 Å². The SMILES string of the molecule is ClC(Cl)(Cl)c1nc(N2CCOCC2)c2ccccc2n1. The van der Waals surface area contributed by atoms with Crippen molar-refractivity contribution in [2.45, 2.75) is 3.79 Å². The molecule has 106 valence electrons. The lowest BCUT2D eigenvalue weighted by atomic mass is 10.2. The van der Waals surface area contributed by atoms with E-state index >= 15 is 0 Å². The Balaban J connectivity index is 2.16. The predicted octanol–water partition coefficient (Wildman–Crippen LogP) is 3.29. The maximum Gasteiger partial charge on any atom is 0.250 e. The highest BCUT2D eigenvalue weighted by atomic mass is 35.6. The van der Waals surface area contributed by atoms with Gasteiger partial charge in [-0.05, 0) is 12.1 Å². The molecule has 1 aromatic heterocycles. The predicted molar refractivity (Wildman–Crippen MR) is 81.8 cm³/mol. The first-order chi connectivity index (χ1) is 9.55. The van der Waals surface area contributed by atoms with Gasteiger partial charge in [0.05, 0.1) is 18.7 Å². The van der Waals surface area contributed by atoms with Gasteiger partial charge in [-0.1, -0.05) is 46.9 Å². The van der Waals surface area contributed by atoms with Crippen molar-refractivity contribution in [1.29, 1.82) is 0 Å². The van der Waals surface area contributed by atoms with Crippen molar-refractivity contribution in [2.24, 2.45) is 0 Å². The lowest BCUT2D eigenvalue weighted by molar-refractivity contribution is 0.122. The monoisotopic (exact) mass is 331 g/mol. The first kappa shape index (κ1) is 14.1. The number of anilines is 1. The van der Waals surface area contributed by atoms with E-state index < -0.39 is 3.79 Å². The minimum absolute atomic E-state index is 0.197. The van der Waals surface area contributed by atoms with E-state index in [0.717, 1.165) is 29.8 Å². The van der Waals surface area contributed by atoms with Crippen molar-refractivity contribution in [3.63, 3.8) is 0 Å². The molecule has 1 aliphatic rings. The summed E-state index contributed by atoms with van der Waals surface area (Å²) in [5.41, 5.74) is 0.769. The van der Waals surface area contributed by atoms with Crippen molar-refractivity contribution in [1.82, 2.24) is 9.97 Å². The van der Waals surface area contributed by atoms with Crippen LogP contribution in [0.15, 0.2) is 24.3 Å². The maximum atomic E-state index is 5.93. The molecule has 0 saturated carbocycles. The van der Waals surface area contributed by atoms with Gasteiger partial charge < -0.3 is 9.64 Å². The van der Waals surface area contributed by atoms with Crippen molar-refractivity contribution in [2.75, 3.05) is 31.2 Å². The van der Waals surface area contributed by atoms with Gasteiger partial charge >= 0.3 is 0 Å². The average molecular weight is 333 g/mol. The molecule has 3 rings (SSSR count). The third-order valence-corrected chi connectivity index (χ3v) is 3.65. The quantitative estimate of drug-likeness (QED) is 0.751. The Kier molecular flexibility index (Phi) is 3.91. The zero-order chi connectivity index (χ0) is 14.2. The number of morpholine rings is 1. The van der Waals surface area contributed by atoms with E-state index in [-0.39, 0.29) is 5.82 Å². The molecule has 0 atom stereocenters. The number of nitrogens with zero attached hydrogens (tertiary/aromatic N) is 3.